The topological polar surface area (TPSA) is 49.6 Å². The van der Waals surface area contributed by atoms with Gasteiger partial charge in [0.2, 0.25) is 0 Å². The standard InChI is InChI=1S/C17H25N3O/c1-4-11-20(14-7-5-6-8-14)17(21)13-9-10-16(19(2)3)15(18)12-13/h4,9-10,12,14H,1,5-8,11,18H2,2-3H3. The summed E-state index contributed by atoms with van der Waals surface area (Å²) in [4.78, 5) is 16.6. The van der Waals surface area contributed by atoms with Gasteiger partial charge < -0.3 is 15.5 Å². The van der Waals surface area contributed by atoms with E-state index in [1.54, 1.807) is 12.1 Å². The molecule has 1 aliphatic carbocycles. The molecule has 1 fully saturated rings. The Morgan fingerprint density at radius 3 is 2.57 bits per heavy atom. The molecule has 0 bridgehead atoms. The monoisotopic (exact) mass is 287 g/mol. The first-order valence-corrected chi connectivity index (χ1v) is 7.53. The van der Waals surface area contributed by atoms with Gasteiger partial charge in [-0.25, -0.2) is 0 Å². The molecule has 0 heterocycles. The Morgan fingerprint density at radius 2 is 2.05 bits per heavy atom. The summed E-state index contributed by atoms with van der Waals surface area (Å²) in [6, 6.07) is 5.88. The predicted molar refractivity (Wildman–Crippen MR) is 88.7 cm³/mol. The number of benzene rings is 1. The summed E-state index contributed by atoms with van der Waals surface area (Å²) < 4.78 is 0. The maximum Gasteiger partial charge on any atom is 0.254 e. The Morgan fingerprint density at radius 1 is 1.38 bits per heavy atom. The molecule has 1 aromatic rings. The van der Waals surface area contributed by atoms with E-state index in [2.05, 4.69) is 6.58 Å². The predicted octanol–water partition coefficient (Wildman–Crippen LogP) is 2.91. The number of nitrogens with two attached hydrogens (primary N) is 1. The van der Waals surface area contributed by atoms with Crippen LogP contribution in [-0.4, -0.2) is 37.5 Å². The molecule has 0 aromatic heterocycles. The first-order chi connectivity index (χ1) is 10.0. The molecule has 4 nitrogen and oxygen atoms in total. The van der Waals surface area contributed by atoms with Crippen molar-refractivity contribution in [2.45, 2.75) is 31.7 Å². The zero-order valence-corrected chi connectivity index (χ0v) is 13.0. The fourth-order valence-corrected chi connectivity index (χ4v) is 3.01. The van der Waals surface area contributed by atoms with E-state index < -0.39 is 0 Å². The molecule has 0 unspecified atom stereocenters. The summed E-state index contributed by atoms with van der Waals surface area (Å²) in [5.74, 6) is 0.0545. The van der Waals surface area contributed by atoms with Gasteiger partial charge in [0.25, 0.3) is 5.91 Å². The molecule has 0 spiro atoms. The number of nitrogen functional groups attached to an aromatic ring is 1. The van der Waals surface area contributed by atoms with Crippen molar-refractivity contribution in [2.24, 2.45) is 0 Å². The first kappa shape index (κ1) is 15.4. The minimum atomic E-state index is 0.0545. The van der Waals surface area contributed by atoms with Crippen LogP contribution in [0.15, 0.2) is 30.9 Å². The number of anilines is 2. The summed E-state index contributed by atoms with van der Waals surface area (Å²) in [7, 11) is 3.88. The lowest BCUT2D eigenvalue weighted by Gasteiger charge is -2.28. The molecule has 21 heavy (non-hydrogen) atoms. The third-order valence-corrected chi connectivity index (χ3v) is 4.11. The molecular formula is C17H25N3O. The van der Waals surface area contributed by atoms with Crippen LogP contribution in [0.4, 0.5) is 11.4 Å². The van der Waals surface area contributed by atoms with Crippen LogP contribution < -0.4 is 10.6 Å². The Kier molecular flexibility index (Phi) is 4.89. The van der Waals surface area contributed by atoms with Crippen molar-refractivity contribution in [1.29, 1.82) is 0 Å². The molecule has 1 aromatic carbocycles. The van der Waals surface area contributed by atoms with Gasteiger partial charge in [-0.05, 0) is 31.0 Å². The minimum Gasteiger partial charge on any atom is -0.397 e. The van der Waals surface area contributed by atoms with E-state index in [4.69, 9.17) is 5.73 Å². The van der Waals surface area contributed by atoms with Crippen molar-refractivity contribution in [3.8, 4) is 0 Å². The van der Waals surface area contributed by atoms with E-state index in [1.165, 1.54) is 12.8 Å². The van der Waals surface area contributed by atoms with Crippen molar-refractivity contribution in [1.82, 2.24) is 4.90 Å². The van der Waals surface area contributed by atoms with Crippen molar-refractivity contribution in [3.63, 3.8) is 0 Å². The maximum absolute atomic E-state index is 12.8. The molecule has 1 amide bonds. The lowest BCUT2D eigenvalue weighted by atomic mass is 10.1. The van der Waals surface area contributed by atoms with Gasteiger partial charge >= 0.3 is 0 Å². The number of rotatable bonds is 5. The Hall–Kier alpha value is -1.97. The zero-order valence-electron chi connectivity index (χ0n) is 13.0. The highest BCUT2D eigenvalue weighted by atomic mass is 16.2. The fourth-order valence-electron chi connectivity index (χ4n) is 3.01. The Balaban J connectivity index is 2.23. The highest BCUT2D eigenvalue weighted by molar-refractivity contribution is 5.96. The first-order valence-electron chi connectivity index (χ1n) is 7.53. The van der Waals surface area contributed by atoms with Gasteiger partial charge in [0.1, 0.15) is 0 Å². The van der Waals surface area contributed by atoms with Crippen molar-refractivity contribution < 1.29 is 4.79 Å². The normalized spacial score (nSPS) is 15.0. The van der Waals surface area contributed by atoms with Crippen LogP contribution in [0.1, 0.15) is 36.0 Å². The van der Waals surface area contributed by atoms with Crippen molar-refractivity contribution in [3.05, 3.63) is 36.4 Å². The quantitative estimate of drug-likeness (QED) is 0.669. The summed E-state index contributed by atoms with van der Waals surface area (Å²) in [6.07, 6.45) is 6.38. The third-order valence-electron chi connectivity index (χ3n) is 4.11. The minimum absolute atomic E-state index is 0.0545. The molecule has 2 rings (SSSR count). The zero-order chi connectivity index (χ0) is 15.4. The van der Waals surface area contributed by atoms with Gasteiger partial charge in [-0.2, -0.15) is 0 Å². The molecule has 0 saturated heterocycles. The van der Waals surface area contributed by atoms with E-state index >= 15 is 0 Å². The molecule has 0 atom stereocenters. The van der Waals surface area contributed by atoms with Crippen LogP contribution in [0, 0.1) is 0 Å². The van der Waals surface area contributed by atoms with E-state index in [1.807, 2.05) is 36.0 Å². The van der Waals surface area contributed by atoms with E-state index in [9.17, 15) is 4.79 Å². The average molecular weight is 287 g/mol. The van der Waals surface area contributed by atoms with Crippen LogP contribution >= 0.6 is 0 Å². The Bertz CT molecular complexity index is 519. The van der Waals surface area contributed by atoms with E-state index in [0.717, 1.165) is 18.5 Å². The van der Waals surface area contributed by atoms with Gasteiger partial charge in [0, 0.05) is 32.2 Å². The lowest BCUT2D eigenvalue weighted by Crippen LogP contribution is -2.39. The second-order valence-corrected chi connectivity index (χ2v) is 5.85. The Labute approximate surface area is 127 Å². The molecule has 0 radical (unpaired) electrons. The maximum atomic E-state index is 12.8. The van der Waals surface area contributed by atoms with Crippen LogP contribution in [0.2, 0.25) is 0 Å². The molecule has 1 aliphatic rings. The highest BCUT2D eigenvalue weighted by Crippen LogP contribution is 2.27. The van der Waals surface area contributed by atoms with Gasteiger partial charge in [0.15, 0.2) is 0 Å². The number of hydrogen-bond acceptors (Lipinski definition) is 3. The highest BCUT2D eigenvalue weighted by Gasteiger charge is 2.26. The van der Waals surface area contributed by atoms with Crippen molar-refractivity contribution in [2.75, 3.05) is 31.3 Å². The van der Waals surface area contributed by atoms with Gasteiger partial charge in [-0.1, -0.05) is 18.9 Å². The summed E-state index contributed by atoms with van der Waals surface area (Å²) in [5, 5.41) is 0. The largest absolute Gasteiger partial charge is 0.397 e. The number of hydrogen-bond donors (Lipinski definition) is 1. The van der Waals surface area contributed by atoms with E-state index in [-0.39, 0.29) is 5.91 Å². The van der Waals surface area contributed by atoms with Crippen LogP contribution in [0.25, 0.3) is 0 Å². The average Bonchev–Trinajstić information content (AvgIpc) is 2.97. The molecule has 2 N–H and O–H groups in total. The molecular weight excluding hydrogens is 262 g/mol. The fraction of sp³-hybridized carbons (Fsp3) is 0.471. The van der Waals surface area contributed by atoms with E-state index in [0.29, 0.717) is 23.8 Å². The SMILES string of the molecule is C=CCN(C(=O)c1ccc(N(C)C)c(N)c1)C1CCCC1. The number of carbonyl (C=O) groups is 1. The van der Waals surface area contributed by atoms with Crippen LogP contribution in [-0.2, 0) is 0 Å². The summed E-state index contributed by atoms with van der Waals surface area (Å²) >= 11 is 0. The number of nitrogens with zero attached hydrogens (tertiary/aromatic N) is 2. The molecule has 4 heteroatoms. The van der Waals surface area contributed by atoms with Gasteiger partial charge in [0.05, 0.1) is 11.4 Å². The second-order valence-electron chi connectivity index (χ2n) is 5.85. The van der Waals surface area contributed by atoms with Gasteiger partial charge in [-0.15, -0.1) is 6.58 Å². The van der Waals surface area contributed by atoms with Gasteiger partial charge in [-0.3, -0.25) is 4.79 Å². The van der Waals surface area contributed by atoms with Crippen molar-refractivity contribution >= 4 is 17.3 Å². The van der Waals surface area contributed by atoms with Crippen LogP contribution in [0.3, 0.4) is 0 Å². The third kappa shape index (κ3) is 3.38. The lowest BCUT2D eigenvalue weighted by molar-refractivity contribution is 0.0706. The molecule has 1 saturated carbocycles. The molecule has 114 valence electrons. The second kappa shape index (κ2) is 6.66. The van der Waals surface area contributed by atoms with Crippen LogP contribution in [0.5, 0.6) is 0 Å². The number of carbonyl (C=O) groups excluding carboxylic acids is 1. The smallest absolute Gasteiger partial charge is 0.254 e. The number of amides is 1. The summed E-state index contributed by atoms with van der Waals surface area (Å²) in [6.45, 7) is 4.37. The summed E-state index contributed by atoms with van der Waals surface area (Å²) in [5.41, 5.74) is 8.28. The molecule has 0 aliphatic heterocycles.